The molecule has 2 rings (SSSR count). The lowest BCUT2D eigenvalue weighted by Crippen LogP contribution is -2.05. The molecule has 0 spiro atoms. The summed E-state index contributed by atoms with van der Waals surface area (Å²) in [5.41, 5.74) is 6.44. The summed E-state index contributed by atoms with van der Waals surface area (Å²) in [5, 5.41) is 4.17. The molecule has 0 bridgehead atoms. The second kappa shape index (κ2) is 5.44. The van der Waals surface area contributed by atoms with Crippen LogP contribution >= 0.6 is 0 Å². The maximum absolute atomic E-state index is 5.64. The molecule has 2 aromatic rings. The second-order valence-corrected chi connectivity index (χ2v) is 3.73. The van der Waals surface area contributed by atoms with Crippen LogP contribution in [0.5, 0.6) is 6.01 Å². The largest absolute Gasteiger partial charge is 0.463 e. The Bertz CT molecular complexity index is 524. The van der Waals surface area contributed by atoms with Crippen molar-refractivity contribution in [1.29, 1.82) is 0 Å². The van der Waals surface area contributed by atoms with Gasteiger partial charge in [-0.25, -0.2) is 0 Å². The number of aromatic nitrogens is 5. The molecule has 0 saturated carbocycles. The van der Waals surface area contributed by atoms with Gasteiger partial charge in [-0.1, -0.05) is 6.92 Å². The van der Waals surface area contributed by atoms with E-state index in [-0.39, 0.29) is 12.0 Å². The minimum Gasteiger partial charge on any atom is -0.463 e. The fraction of sp³-hybridized carbons (Fsp3) is 0.455. The van der Waals surface area contributed by atoms with Crippen molar-refractivity contribution in [3.05, 3.63) is 12.4 Å². The fourth-order valence-corrected chi connectivity index (χ4v) is 1.41. The van der Waals surface area contributed by atoms with Crippen LogP contribution in [0.2, 0.25) is 0 Å². The Morgan fingerprint density at radius 3 is 2.78 bits per heavy atom. The first kappa shape index (κ1) is 12.3. The van der Waals surface area contributed by atoms with Crippen molar-refractivity contribution in [3.63, 3.8) is 0 Å². The first-order valence-corrected chi connectivity index (χ1v) is 5.90. The van der Waals surface area contributed by atoms with Crippen molar-refractivity contribution in [3.8, 4) is 17.4 Å². The van der Waals surface area contributed by atoms with Crippen LogP contribution in [0, 0.1) is 0 Å². The van der Waals surface area contributed by atoms with E-state index in [0.717, 1.165) is 18.5 Å². The maximum Gasteiger partial charge on any atom is 0.321 e. The number of nitrogens with zero attached hydrogens (tertiary/aromatic N) is 5. The van der Waals surface area contributed by atoms with Gasteiger partial charge in [0.2, 0.25) is 5.95 Å². The molecule has 0 aromatic carbocycles. The Balaban J connectivity index is 2.29. The summed E-state index contributed by atoms with van der Waals surface area (Å²) in [6.07, 6.45) is 4.44. The lowest BCUT2D eigenvalue weighted by molar-refractivity contribution is 0.292. The minimum atomic E-state index is 0.148. The molecule has 7 nitrogen and oxygen atoms in total. The number of aryl methyl sites for hydroxylation is 1. The molecule has 0 aliphatic carbocycles. The van der Waals surface area contributed by atoms with Gasteiger partial charge in [0.1, 0.15) is 0 Å². The average Bonchev–Trinajstić information content (AvgIpc) is 2.84. The van der Waals surface area contributed by atoms with Crippen LogP contribution in [-0.2, 0) is 6.54 Å². The van der Waals surface area contributed by atoms with Gasteiger partial charge in [0.25, 0.3) is 0 Å². The number of anilines is 1. The van der Waals surface area contributed by atoms with Gasteiger partial charge in [-0.2, -0.15) is 20.1 Å². The Labute approximate surface area is 105 Å². The van der Waals surface area contributed by atoms with Gasteiger partial charge in [-0.15, -0.1) is 0 Å². The summed E-state index contributed by atoms with van der Waals surface area (Å²) < 4.78 is 7.16. The van der Waals surface area contributed by atoms with Crippen molar-refractivity contribution in [1.82, 2.24) is 24.7 Å². The Morgan fingerprint density at radius 1 is 1.28 bits per heavy atom. The maximum atomic E-state index is 5.64. The highest BCUT2D eigenvalue weighted by Gasteiger charge is 2.09. The predicted octanol–water partition coefficient (Wildman–Crippen LogP) is 1.13. The zero-order valence-electron chi connectivity index (χ0n) is 10.5. The van der Waals surface area contributed by atoms with Crippen LogP contribution in [0.3, 0.4) is 0 Å². The molecule has 96 valence electrons. The lowest BCUT2D eigenvalue weighted by Gasteiger charge is -2.04. The van der Waals surface area contributed by atoms with Crippen LogP contribution in [0.15, 0.2) is 12.4 Å². The third-order valence-corrected chi connectivity index (χ3v) is 2.28. The van der Waals surface area contributed by atoms with E-state index in [1.807, 2.05) is 20.0 Å². The smallest absolute Gasteiger partial charge is 0.321 e. The van der Waals surface area contributed by atoms with Gasteiger partial charge >= 0.3 is 6.01 Å². The molecule has 18 heavy (non-hydrogen) atoms. The standard InChI is InChI=1S/C11H16N6O/c1-3-5-18-11-15-9(14-10(12)16-11)8-6-13-17(4-2)7-8/h6-7H,3-5H2,1-2H3,(H2,12,14,15,16). The number of hydrogen-bond acceptors (Lipinski definition) is 6. The van der Waals surface area contributed by atoms with Crippen molar-refractivity contribution in [2.75, 3.05) is 12.3 Å². The van der Waals surface area contributed by atoms with Gasteiger partial charge in [0.15, 0.2) is 5.82 Å². The summed E-state index contributed by atoms with van der Waals surface area (Å²) in [7, 11) is 0. The summed E-state index contributed by atoms with van der Waals surface area (Å²) in [5.74, 6) is 0.628. The van der Waals surface area contributed by atoms with E-state index in [1.54, 1.807) is 10.9 Å². The lowest BCUT2D eigenvalue weighted by atomic mass is 10.3. The first-order valence-electron chi connectivity index (χ1n) is 5.90. The molecule has 2 heterocycles. The fourth-order valence-electron chi connectivity index (χ4n) is 1.41. The first-order chi connectivity index (χ1) is 8.72. The van der Waals surface area contributed by atoms with E-state index in [1.165, 1.54) is 0 Å². The van der Waals surface area contributed by atoms with Crippen LogP contribution in [0.1, 0.15) is 20.3 Å². The van der Waals surface area contributed by atoms with Crippen molar-refractivity contribution < 1.29 is 4.74 Å². The van der Waals surface area contributed by atoms with Crippen molar-refractivity contribution >= 4 is 5.95 Å². The van der Waals surface area contributed by atoms with Gasteiger partial charge in [0, 0.05) is 12.7 Å². The molecule has 0 amide bonds. The summed E-state index contributed by atoms with van der Waals surface area (Å²) in [4.78, 5) is 12.2. The number of nitrogen functional groups attached to an aromatic ring is 1. The van der Waals surface area contributed by atoms with Gasteiger partial charge in [0.05, 0.1) is 18.4 Å². The molecule has 0 unspecified atom stereocenters. The summed E-state index contributed by atoms with van der Waals surface area (Å²) >= 11 is 0. The zero-order chi connectivity index (χ0) is 13.0. The van der Waals surface area contributed by atoms with E-state index >= 15 is 0 Å². The Hall–Kier alpha value is -2.18. The highest BCUT2D eigenvalue weighted by Crippen LogP contribution is 2.17. The van der Waals surface area contributed by atoms with Crippen LogP contribution in [0.4, 0.5) is 5.95 Å². The van der Waals surface area contributed by atoms with Crippen LogP contribution < -0.4 is 10.5 Å². The average molecular weight is 248 g/mol. The van der Waals surface area contributed by atoms with E-state index in [4.69, 9.17) is 10.5 Å². The highest BCUT2D eigenvalue weighted by molar-refractivity contribution is 5.53. The molecular weight excluding hydrogens is 232 g/mol. The number of ether oxygens (including phenoxy) is 1. The summed E-state index contributed by atoms with van der Waals surface area (Å²) in [6, 6.07) is 0.253. The number of rotatable bonds is 5. The molecule has 0 aliphatic rings. The topological polar surface area (TPSA) is 91.7 Å². The number of nitrogens with two attached hydrogens (primary N) is 1. The van der Waals surface area contributed by atoms with Crippen LogP contribution in [-0.4, -0.2) is 31.3 Å². The predicted molar refractivity (Wildman–Crippen MR) is 66.9 cm³/mol. The molecule has 0 radical (unpaired) electrons. The minimum absolute atomic E-state index is 0.148. The molecule has 0 aliphatic heterocycles. The molecule has 2 N–H and O–H groups in total. The third-order valence-electron chi connectivity index (χ3n) is 2.28. The monoisotopic (exact) mass is 248 g/mol. The zero-order valence-corrected chi connectivity index (χ0v) is 10.5. The molecule has 7 heteroatoms. The van der Waals surface area contributed by atoms with E-state index in [0.29, 0.717) is 12.4 Å². The molecule has 0 atom stereocenters. The van der Waals surface area contributed by atoms with Gasteiger partial charge < -0.3 is 10.5 Å². The van der Waals surface area contributed by atoms with Crippen molar-refractivity contribution in [2.24, 2.45) is 0 Å². The molecule has 0 fully saturated rings. The third kappa shape index (κ3) is 2.73. The van der Waals surface area contributed by atoms with Gasteiger partial charge in [-0.3, -0.25) is 4.68 Å². The van der Waals surface area contributed by atoms with Crippen LogP contribution in [0.25, 0.3) is 11.4 Å². The normalized spacial score (nSPS) is 10.6. The quantitative estimate of drug-likeness (QED) is 0.852. The van der Waals surface area contributed by atoms with E-state index in [9.17, 15) is 0 Å². The number of hydrogen-bond donors (Lipinski definition) is 1. The Kier molecular flexibility index (Phi) is 3.71. The molecular formula is C11H16N6O. The SMILES string of the molecule is CCCOc1nc(N)nc(-c2cnn(CC)c2)n1. The van der Waals surface area contributed by atoms with E-state index in [2.05, 4.69) is 20.1 Å². The van der Waals surface area contributed by atoms with Gasteiger partial charge in [-0.05, 0) is 13.3 Å². The molecule has 2 aromatic heterocycles. The van der Waals surface area contributed by atoms with Crippen molar-refractivity contribution in [2.45, 2.75) is 26.8 Å². The second-order valence-electron chi connectivity index (χ2n) is 3.73. The highest BCUT2D eigenvalue weighted by atomic mass is 16.5. The summed E-state index contributed by atoms with van der Waals surface area (Å²) in [6.45, 7) is 5.36. The molecule has 0 saturated heterocycles. The Morgan fingerprint density at radius 2 is 2.11 bits per heavy atom. The van der Waals surface area contributed by atoms with E-state index < -0.39 is 0 Å².